The maximum Gasteiger partial charge on any atom is 0.181 e. The van der Waals surface area contributed by atoms with Gasteiger partial charge in [-0.3, -0.25) is 4.98 Å². The molecular weight excluding hydrogens is 392 g/mol. The summed E-state index contributed by atoms with van der Waals surface area (Å²) in [5, 5.41) is 0. The Morgan fingerprint density at radius 2 is 1.71 bits per heavy atom. The van der Waals surface area contributed by atoms with Gasteiger partial charge in [0, 0.05) is 35.6 Å². The van der Waals surface area contributed by atoms with E-state index in [4.69, 9.17) is 18.9 Å². The number of rotatable bonds is 6. The van der Waals surface area contributed by atoms with Crippen molar-refractivity contribution in [2.24, 2.45) is 11.8 Å². The van der Waals surface area contributed by atoms with Crippen LogP contribution in [0.2, 0.25) is 0 Å². The molecule has 0 radical (unpaired) electrons. The fraction of sp³-hybridized carbons (Fsp3) is 0.292. The summed E-state index contributed by atoms with van der Waals surface area (Å²) in [6.07, 6.45) is 4.48. The molecule has 0 N–H and O–H groups in total. The Hall–Kier alpha value is -3.61. The zero-order valence-electron chi connectivity index (χ0n) is 17.6. The maximum absolute atomic E-state index is 5.51. The number of ether oxygens (including phenoxy) is 2. The smallest absolute Gasteiger partial charge is 0.181 e. The molecule has 7 heteroatoms. The minimum atomic E-state index is 0.502. The van der Waals surface area contributed by atoms with E-state index in [9.17, 15) is 0 Å². The van der Waals surface area contributed by atoms with E-state index >= 15 is 0 Å². The predicted molar refractivity (Wildman–Crippen MR) is 117 cm³/mol. The Kier molecular flexibility index (Phi) is 3.93. The Labute approximate surface area is 179 Å². The van der Waals surface area contributed by atoms with Crippen LogP contribution in [0.15, 0.2) is 53.4 Å². The van der Waals surface area contributed by atoms with Crippen LogP contribution in [0.1, 0.15) is 12.1 Å². The highest BCUT2D eigenvalue weighted by molar-refractivity contribution is 5.83. The standard InChI is InChI=1S/C24H22N4O3/c1-13-24(31-12-26-13)22-11-25-20-5-4-14(8-21(20)27-22)28(23-18-10-19(18)23)15-6-16(29-2)9-17(7-15)30-3/h4-9,11-12,18-19,23H,10H2,1-3H3. The number of hydrogen-bond donors (Lipinski definition) is 0. The Morgan fingerprint density at radius 1 is 0.935 bits per heavy atom. The SMILES string of the molecule is COc1cc(OC)cc(N(c2ccc3ncc(-c4ocnc4C)nc3c2)C2C3CC32)c1. The van der Waals surface area contributed by atoms with Crippen molar-refractivity contribution in [3.05, 3.63) is 54.7 Å². The van der Waals surface area contributed by atoms with Gasteiger partial charge >= 0.3 is 0 Å². The van der Waals surface area contributed by atoms with Gasteiger partial charge in [0.15, 0.2) is 12.2 Å². The highest BCUT2D eigenvalue weighted by Crippen LogP contribution is 2.67. The quantitative estimate of drug-likeness (QED) is 0.450. The summed E-state index contributed by atoms with van der Waals surface area (Å²) in [5.74, 6) is 3.73. The third-order valence-corrected chi connectivity index (χ3v) is 6.32. The summed E-state index contributed by atoms with van der Waals surface area (Å²) in [5.41, 5.74) is 5.29. The Bertz CT molecular complexity index is 1270. The molecule has 2 saturated carbocycles. The lowest BCUT2D eigenvalue weighted by molar-refractivity contribution is 0.394. The Balaban J connectivity index is 1.46. The van der Waals surface area contributed by atoms with Gasteiger partial charge < -0.3 is 18.8 Å². The number of anilines is 2. The van der Waals surface area contributed by atoms with E-state index in [-0.39, 0.29) is 0 Å². The summed E-state index contributed by atoms with van der Waals surface area (Å²) >= 11 is 0. The van der Waals surface area contributed by atoms with Crippen molar-refractivity contribution in [1.82, 2.24) is 15.0 Å². The second-order valence-electron chi connectivity index (χ2n) is 8.19. The average molecular weight is 414 g/mol. The van der Waals surface area contributed by atoms with Gasteiger partial charge in [-0.05, 0) is 43.4 Å². The fourth-order valence-electron chi connectivity index (χ4n) is 4.36. The molecule has 2 aromatic carbocycles. The highest BCUT2D eigenvalue weighted by atomic mass is 16.5. The van der Waals surface area contributed by atoms with E-state index < -0.39 is 0 Å². The van der Waals surface area contributed by atoms with Gasteiger partial charge in [-0.1, -0.05) is 0 Å². The summed E-state index contributed by atoms with van der Waals surface area (Å²) in [6, 6.07) is 12.7. The maximum atomic E-state index is 5.51. The number of methoxy groups -OCH3 is 2. The minimum absolute atomic E-state index is 0.502. The van der Waals surface area contributed by atoms with Crippen molar-refractivity contribution in [3.63, 3.8) is 0 Å². The molecule has 0 aliphatic heterocycles. The van der Waals surface area contributed by atoms with Crippen molar-refractivity contribution in [2.75, 3.05) is 19.1 Å². The van der Waals surface area contributed by atoms with Gasteiger partial charge in [-0.15, -0.1) is 0 Å². The van der Waals surface area contributed by atoms with Crippen LogP contribution in [0.4, 0.5) is 11.4 Å². The van der Waals surface area contributed by atoms with Crippen LogP contribution >= 0.6 is 0 Å². The molecule has 2 atom stereocenters. The number of nitrogens with zero attached hydrogens (tertiary/aromatic N) is 4. The lowest BCUT2D eigenvalue weighted by Gasteiger charge is -2.29. The molecule has 0 bridgehead atoms. The molecule has 2 heterocycles. The molecule has 0 spiro atoms. The molecule has 156 valence electrons. The topological polar surface area (TPSA) is 73.5 Å². The van der Waals surface area contributed by atoms with Gasteiger partial charge in [-0.2, -0.15) is 0 Å². The number of fused-ring (bicyclic) bond motifs is 2. The van der Waals surface area contributed by atoms with Crippen LogP contribution in [0.5, 0.6) is 11.5 Å². The molecular formula is C24H22N4O3. The first-order valence-electron chi connectivity index (χ1n) is 10.4. The van der Waals surface area contributed by atoms with Crippen LogP contribution in [-0.4, -0.2) is 35.2 Å². The predicted octanol–water partition coefficient (Wildman–Crippen LogP) is 4.77. The Morgan fingerprint density at radius 3 is 2.32 bits per heavy atom. The summed E-state index contributed by atoms with van der Waals surface area (Å²) in [7, 11) is 3.35. The molecule has 0 saturated heterocycles. The molecule has 0 amide bonds. The third kappa shape index (κ3) is 3.00. The first-order chi connectivity index (χ1) is 15.2. The molecule has 2 aliphatic carbocycles. The monoisotopic (exact) mass is 414 g/mol. The number of benzene rings is 2. The zero-order valence-corrected chi connectivity index (χ0v) is 17.6. The number of aryl methyl sites for hydroxylation is 1. The van der Waals surface area contributed by atoms with Crippen LogP contribution in [0.25, 0.3) is 22.5 Å². The fourth-order valence-corrected chi connectivity index (χ4v) is 4.36. The average Bonchev–Trinajstić information content (AvgIpc) is 3.69. The third-order valence-electron chi connectivity index (χ3n) is 6.32. The van der Waals surface area contributed by atoms with Crippen molar-refractivity contribution in [1.29, 1.82) is 0 Å². The summed E-state index contributed by atoms with van der Waals surface area (Å²) < 4.78 is 16.5. The molecule has 6 rings (SSSR count). The normalized spacial score (nSPS) is 20.9. The molecule has 2 unspecified atom stereocenters. The number of hydrogen-bond acceptors (Lipinski definition) is 7. The zero-order chi connectivity index (χ0) is 21.1. The minimum Gasteiger partial charge on any atom is -0.497 e. The number of oxazole rings is 1. The lowest BCUT2D eigenvalue weighted by atomic mass is 10.1. The molecule has 7 nitrogen and oxygen atoms in total. The molecule has 2 fully saturated rings. The largest absolute Gasteiger partial charge is 0.497 e. The van der Waals surface area contributed by atoms with Crippen molar-refractivity contribution in [3.8, 4) is 23.0 Å². The van der Waals surface area contributed by atoms with Gasteiger partial charge in [-0.25, -0.2) is 9.97 Å². The van der Waals surface area contributed by atoms with Crippen LogP contribution < -0.4 is 14.4 Å². The van der Waals surface area contributed by atoms with Gasteiger partial charge in [0.25, 0.3) is 0 Å². The van der Waals surface area contributed by atoms with Crippen LogP contribution in [-0.2, 0) is 0 Å². The highest BCUT2D eigenvalue weighted by Gasteiger charge is 2.67. The van der Waals surface area contributed by atoms with Crippen molar-refractivity contribution < 1.29 is 13.9 Å². The van der Waals surface area contributed by atoms with Gasteiger partial charge in [0.1, 0.15) is 17.2 Å². The van der Waals surface area contributed by atoms with Gasteiger partial charge in [0.2, 0.25) is 0 Å². The molecule has 2 aliphatic rings. The van der Waals surface area contributed by atoms with E-state index in [0.29, 0.717) is 17.5 Å². The van der Waals surface area contributed by atoms with Crippen molar-refractivity contribution in [2.45, 2.75) is 19.4 Å². The van der Waals surface area contributed by atoms with E-state index in [0.717, 1.165) is 51.4 Å². The molecule has 31 heavy (non-hydrogen) atoms. The summed E-state index contributed by atoms with van der Waals surface area (Å²) in [4.78, 5) is 16.0. The van der Waals surface area contributed by atoms with E-state index in [1.54, 1.807) is 20.4 Å². The number of aromatic nitrogens is 3. The van der Waals surface area contributed by atoms with E-state index in [1.165, 1.54) is 12.8 Å². The first kappa shape index (κ1) is 18.2. The lowest BCUT2D eigenvalue weighted by Crippen LogP contribution is -2.25. The second-order valence-corrected chi connectivity index (χ2v) is 8.19. The first-order valence-corrected chi connectivity index (χ1v) is 10.4. The van der Waals surface area contributed by atoms with Crippen LogP contribution in [0.3, 0.4) is 0 Å². The summed E-state index contributed by atoms with van der Waals surface area (Å²) in [6.45, 7) is 1.90. The van der Waals surface area contributed by atoms with E-state index in [2.05, 4.69) is 39.1 Å². The van der Waals surface area contributed by atoms with E-state index in [1.807, 2.05) is 19.1 Å². The van der Waals surface area contributed by atoms with Crippen molar-refractivity contribution >= 4 is 22.4 Å². The second kappa shape index (κ2) is 6.70. The molecule has 4 aromatic rings. The molecule has 2 aromatic heterocycles. The van der Waals surface area contributed by atoms with Gasteiger partial charge in [0.05, 0.1) is 37.1 Å². The van der Waals surface area contributed by atoms with Crippen LogP contribution in [0, 0.1) is 18.8 Å².